The summed E-state index contributed by atoms with van der Waals surface area (Å²) in [7, 11) is 0. The van der Waals surface area contributed by atoms with E-state index in [-0.39, 0.29) is 23.2 Å². The second-order valence-electron chi connectivity index (χ2n) is 4.82. The normalized spacial score (nSPS) is 17.6. The van der Waals surface area contributed by atoms with Gasteiger partial charge in [0.15, 0.2) is 0 Å². The fourth-order valence-electron chi connectivity index (χ4n) is 2.42. The molecule has 0 fully saturated rings. The van der Waals surface area contributed by atoms with Gasteiger partial charge in [-0.15, -0.1) is 0 Å². The van der Waals surface area contributed by atoms with Gasteiger partial charge in [-0.1, -0.05) is 18.2 Å². The Labute approximate surface area is 115 Å². The number of hydrogen-bond acceptors (Lipinski definition) is 4. The third kappa shape index (κ3) is 2.21. The van der Waals surface area contributed by atoms with Crippen LogP contribution < -0.4 is 16.2 Å². The van der Waals surface area contributed by atoms with Crippen LogP contribution in [0.15, 0.2) is 41.2 Å². The van der Waals surface area contributed by atoms with Crippen molar-refractivity contribution in [1.82, 2.24) is 10.2 Å². The highest BCUT2D eigenvalue weighted by Crippen LogP contribution is 2.27. The summed E-state index contributed by atoms with van der Waals surface area (Å²) in [5.41, 5.74) is 7.77. The summed E-state index contributed by atoms with van der Waals surface area (Å²) in [6, 6.07) is 10.3. The van der Waals surface area contributed by atoms with E-state index >= 15 is 0 Å². The molecule has 1 aromatic heterocycles. The molecule has 1 atom stereocenters. The van der Waals surface area contributed by atoms with Crippen LogP contribution in [0.1, 0.15) is 16.1 Å². The number of nitrogens with zero attached hydrogens (tertiary/aromatic N) is 2. The maximum atomic E-state index is 12.5. The van der Waals surface area contributed by atoms with Gasteiger partial charge in [-0.25, -0.2) is 5.10 Å². The predicted octanol–water partition coefficient (Wildman–Crippen LogP) is 0.300. The molecule has 3 N–H and O–H groups in total. The van der Waals surface area contributed by atoms with Gasteiger partial charge in [0.2, 0.25) is 0 Å². The van der Waals surface area contributed by atoms with Crippen LogP contribution in [0.3, 0.4) is 0 Å². The molecule has 2 aromatic rings. The number of benzene rings is 1. The summed E-state index contributed by atoms with van der Waals surface area (Å²) in [5, 5.41) is 6.05. The highest BCUT2D eigenvalue weighted by Gasteiger charge is 2.27. The van der Waals surface area contributed by atoms with Crippen molar-refractivity contribution >= 4 is 11.6 Å². The van der Waals surface area contributed by atoms with Crippen LogP contribution in [-0.2, 0) is 6.42 Å². The summed E-state index contributed by atoms with van der Waals surface area (Å²) < 4.78 is 0. The Morgan fingerprint density at radius 1 is 1.30 bits per heavy atom. The van der Waals surface area contributed by atoms with Gasteiger partial charge < -0.3 is 10.6 Å². The van der Waals surface area contributed by atoms with Crippen molar-refractivity contribution in [1.29, 1.82) is 0 Å². The first-order valence-electron chi connectivity index (χ1n) is 6.36. The lowest BCUT2D eigenvalue weighted by Gasteiger charge is -2.32. The molecule has 20 heavy (non-hydrogen) atoms. The minimum Gasteiger partial charge on any atom is -0.326 e. The van der Waals surface area contributed by atoms with Gasteiger partial charge in [-0.2, -0.15) is 5.10 Å². The van der Waals surface area contributed by atoms with Crippen LogP contribution in [0.4, 0.5) is 5.69 Å². The summed E-state index contributed by atoms with van der Waals surface area (Å²) in [6.07, 6.45) is 0.749. The van der Waals surface area contributed by atoms with Crippen LogP contribution in [0.5, 0.6) is 0 Å². The molecule has 1 aliphatic heterocycles. The molecule has 3 rings (SSSR count). The lowest BCUT2D eigenvalue weighted by molar-refractivity contribution is 0.0977. The van der Waals surface area contributed by atoms with E-state index in [0.717, 1.165) is 17.7 Å². The first-order chi connectivity index (χ1) is 9.65. The third-order valence-corrected chi connectivity index (χ3v) is 3.32. The Balaban J connectivity index is 1.99. The molecule has 6 heteroatoms. The van der Waals surface area contributed by atoms with E-state index in [1.165, 1.54) is 12.1 Å². The number of rotatable bonds is 1. The zero-order chi connectivity index (χ0) is 14.1. The summed E-state index contributed by atoms with van der Waals surface area (Å²) in [4.78, 5) is 25.1. The number of para-hydroxylation sites is 1. The largest absolute Gasteiger partial charge is 0.326 e. The fourth-order valence-corrected chi connectivity index (χ4v) is 2.42. The van der Waals surface area contributed by atoms with Crippen LogP contribution in [-0.4, -0.2) is 28.7 Å². The molecule has 1 aliphatic rings. The number of carbonyl (C=O) groups is 1. The highest BCUT2D eigenvalue weighted by molar-refractivity contribution is 6.05. The molecule has 0 aliphatic carbocycles. The second-order valence-corrected chi connectivity index (χ2v) is 4.82. The average molecular weight is 270 g/mol. The van der Waals surface area contributed by atoms with E-state index < -0.39 is 0 Å². The molecular formula is C14H14N4O2. The zero-order valence-corrected chi connectivity index (χ0v) is 10.7. The molecule has 0 spiro atoms. The van der Waals surface area contributed by atoms with E-state index in [2.05, 4.69) is 10.2 Å². The van der Waals surface area contributed by atoms with Gasteiger partial charge in [0, 0.05) is 24.3 Å². The fraction of sp³-hybridized carbons (Fsp3) is 0.214. The van der Waals surface area contributed by atoms with Crippen molar-refractivity contribution in [3.63, 3.8) is 0 Å². The molecule has 0 bridgehead atoms. The van der Waals surface area contributed by atoms with E-state index in [9.17, 15) is 9.59 Å². The Bertz CT molecular complexity index is 690. The molecule has 0 radical (unpaired) electrons. The Morgan fingerprint density at radius 3 is 2.85 bits per heavy atom. The van der Waals surface area contributed by atoms with Gasteiger partial charge in [-0.3, -0.25) is 9.59 Å². The predicted molar refractivity (Wildman–Crippen MR) is 74.7 cm³/mol. The molecule has 1 unspecified atom stereocenters. The minimum absolute atomic E-state index is 0.100. The Kier molecular flexibility index (Phi) is 3.08. The number of carbonyl (C=O) groups excluding carboxylic acids is 1. The standard InChI is InChI=1S/C14H14N4O2/c15-10-7-9-3-1-2-4-12(9)18(8-10)14(20)11-5-6-13(19)17-16-11/h1-6,10H,7-8,15H2,(H,17,19). The molecule has 0 saturated heterocycles. The van der Waals surface area contributed by atoms with Crippen LogP contribution in [0, 0.1) is 0 Å². The molecule has 102 valence electrons. The van der Waals surface area contributed by atoms with Crippen LogP contribution >= 0.6 is 0 Å². The highest BCUT2D eigenvalue weighted by atomic mass is 16.2. The molecule has 2 heterocycles. The van der Waals surface area contributed by atoms with E-state index in [1.807, 2.05) is 24.3 Å². The number of fused-ring (bicyclic) bond motifs is 1. The minimum atomic E-state index is -0.336. The van der Waals surface area contributed by atoms with Crippen molar-refractivity contribution in [3.05, 3.63) is 58.0 Å². The summed E-state index contributed by atoms with van der Waals surface area (Å²) in [6.45, 7) is 0.441. The van der Waals surface area contributed by atoms with E-state index in [4.69, 9.17) is 5.73 Å². The number of anilines is 1. The number of nitrogens with one attached hydrogen (secondary N) is 1. The first-order valence-corrected chi connectivity index (χ1v) is 6.36. The van der Waals surface area contributed by atoms with Crippen molar-refractivity contribution < 1.29 is 4.79 Å². The summed E-state index contributed by atoms with van der Waals surface area (Å²) >= 11 is 0. The van der Waals surface area contributed by atoms with Gasteiger partial charge in [0.25, 0.3) is 11.5 Å². The van der Waals surface area contributed by atoms with Crippen molar-refractivity contribution in [2.45, 2.75) is 12.5 Å². The molecule has 1 amide bonds. The second kappa shape index (κ2) is 4.90. The van der Waals surface area contributed by atoms with Crippen molar-refractivity contribution in [3.8, 4) is 0 Å². The number of H-pyrrole nitrogens is 1. The number of hydrogen-bond donors (Lipinski definition) is 2. The molecular weight excluding hydrogens is 256 g/mol. The number of amides is 1. The third-order valence-electron chi connectivity index (χ3n) is 3.32. The quantitative estimate of drug-likeness (QED) is 0.779. The monoisotopic (exact) mass is 270 g/mol. The average Bonchev–Trinajstić information content (AvgIpc) is 2.46. The number of aromatic amines is 1. The lowest BCUT2D eigenvalue weighted by Crippen LogP contribution is -2.46. The van der Waals surface area contributed by atoms with Gasteiger partial charge in [-0.05, 0) is 24.1 Å². The van der Waals surface area contributed by atoms with Crippen LogP contribution in [0.25, 0.3) is 0 Å². The van der Waals surface area contributed by atoms with Crippen molar-refractivity contribution in [2.24, 2.45) is 5.73 Å². The smallest absolute Gasteiger partial charge is 0.278 e. The van der Waals surface area contributed by atoms with E-state index in [0.29, 0.717) is 6.54 Å². The topological polar surface area (TPSA) is 92.1 Å². The Morgan fingerprint density at radius 2 is 2.10 bits per heavy atom. The molecule has 0 saturated carbocycles. The summed E-state index contributed by atoms with van der Waals surface area (Å²) in [5.74, 6) is -0.260. The Hall–Kier alpha value is -2.47. The van der Waals surface area contributed by atoms with Crippen molar-refractivity contribution in [2.75, 3.05) is 11.4 Å². The van der Waals surface area contributed by atoms with E-state index in [1.54, 1.807) is 4.90 Å². The number of nitrogens with two attached hydrogens (primary N) is 1. The SMILES string of the molecule is NC1Cc2ccccc2N(C(=O)c2ccc(=O)[nH]n2)C1. The molecule has 6 nitrogen and oxygen atoms in total. The number of aromatic nitrogens is 2. The van der Waals surface area contributed by atoms with Crippen LogP contribution in [0.2, 0.25) is 0 Å². The van der Waals surface area contributed by atoms with Gasteiger partial charge >= 0.3 is 0 Å². The molecule has 1 aromatic carbocycles. The van der Waals surface area contributed by atoms with Gasteiger partial charge in [0.1, 0.15) is 5.69 Å². The lowest BCUT2D eigenvalue weighted by atomic mass is 9.98. The van der Waals surface area contributed by atoms with Gasteiger partial charge in [0.05, 0.1) is 0 Å². The maximum absolute atomic E-state index is 12.5. The first kappa shape index (κ1) is 12.6. The maximum Gasteiger partial charge on any atom is 0.278 e. The zero-order valence-electron chi connectivity index (χ0n) is 10.7.